The Labute approximate surface area is 181 Å². The zero-order chi connectivity index (χ0) is 21.1. The Bertz CT molecular complexity index is 1030. The minimum atomic E-state index is -0.399. The van der Waals surface area contributed by atoms with Crippen LogP contribution in [0.15, 0.2) is 24.3 Å². The molecule has 0 aromatic heterocycles. The topological polar surface area (TPSA) is 70.1 Å². The summed E-state index contributed by atoms with van der Waals surface area (Å²) in [5.74, 6) is 0.680. The molecule has 3 fully saturated rings. The van der Waals surface area contributed by atoms with Crippen molar-refractivity contribution < 1.29 is 19.4 Å². The average Bonchev–Trinajstić information content (AvgIpc) is 3.25. The average molecular weight is 421 g/mol. The van der Waals surface area contributed by atoms with Crippen LogP contribution in [-0.4, -0.2) is 58.5 Å². The first kappa shape index (κ1) is 18.3. The van der Waals surface area contributed by atoms with Crippen LogP contribution < -0.4 is 4.74 Å². The molecule has 2 amide bonds. The summed E-state index contributed by atoms with van der Waals surface area (Å²) in [5, 5.41) is 10.7. The SMILES string of the molecule is CN1CCC23c4c5ccc(O)c4OC2C(N2C(=O)C4CCCCC4C2=O)C=CC3C1C5. The molecule has 6 heteroatoms. The van der Waals surface area contributed by atoms with E-state index in [9.17, 15) is 14.7 Å². The van der Waals surface area contributed by atoms with Crippen molar-refractivity contribution in [1.29, 1.82) is 0 Å². The molecule has 6 nitrogen and oxygen atoms in total. The van der Waals surface area contributed by atoms with Crippen LogP contribution >= 0.6 is 0 Å². The summed E-state index contributed by atoms with van der Waals surface area (Å²) in [7, 11) is 2.19. The van der Waals surface area contributed by atoms with Gasteiger partial charge in [-0.25, -0.2) is 0 Å². The van der Waals surface area contributed by atoms with Crippen molar-refractivity contribution in [1.82, 2.24) is 9.80 Å². The third-order valence-corrected chi connectivity index (χ3v) is 9.32. The van der Waals surface area contributed by atoms with E-state index in [2.05, 4.69) is 24.1 Å². The first-order valence-corrected chi connectivity index (χ1v) is 11.8. The van der Waals surface area contributed by atoms with E-state index in [0.717, 1.165) is 50.6 Å². The van der Waals surface area contributed by atoms with E-state index in [4.69, 9.17) is 4.74 Å². The monoisotopic (exact) mass is 420 g/mol. The molecule has 1 spiro atoms. The molecule has 6 aliphatic rings. The number of rotatable bonds is 1. The highest BCUT2D eigenvalue weighted by Gasteiger charge is 2.66. The normalized spacial score (nSPS) is 42.4. The van der Waals surface area contributed by atoms with Gasteiger partial charge in [-0.05, 0) is 50.9 Å². The number of fused-ring (bicyclic) bond motifs is 1. The molecule has 0 radical (unpaired) electrons. The number of hydrogen-bond acceptors (Lipinski definition) is 5. The second-order valence-electron chi connectivity index (χ2n) is 10.5. The van der Waals surface area contributed by atoms with Crippen LogP contribution in [0.3, 0.4) is 0 Å². The summed E-state index contributed by atoms with van der Waals surface area (Å²) >= 11 is 0. The van der Waals surface area contributed by atoms with Gasteiger partial charge in [-0.3, -0.25) is 14.5 Å². The quantitative estimate of drug-likeness (QED) is 0.558. The predicted molar refractivity (Wildman–Crippen MR) is 113 cm³/mol. The number of phenolic OH excluding ortho intramolecular Hbond substituents is 1. The van der Waals surface area contributed by atoms with Gasteiger partial charge in [0.15, 0.2) is 11.5 Å². The number of hydrogen-bond donors (Lipinski definition) is 1. The maximum atomic E-state index is 13.4. The Morgan fingerprint density at radius 2 is 1.84 bits per heavy atom. The molecule has 1 aromatic carbocycles. The minimum absolute atomic E-state index is 0.0107. The molecule has 31 heavy (non-hydrogen) atoms. The number of nitrogens with zero attached hydrogens (tertiary/aromatic N) is 2. The van der Waals surface area contributed by atoms with Crippen LogP contribution in [0, 0.1) is 17.8 Å². The molecule has 1 saturated carbocycles. The highest BCUT2D eigenvalue weighted by Crippen LogP contribution is 2.63. The van der Waals surface area contributed by atoms with Crippen molar-refractivity contribution in [2.24, 2.45) is 17.8 Å². The number of imide groups is 1. The van der Waals surface area contributed by atoms with Gasteiger partial charge in [0.1, 0.15) is 6.10 Å². The van der Waals surface area contributed by atoms with Gasteiger partial charge in [0.2, 0.25) is 11.8 Å². The van der Waals surface area contributed by atoms with Crippen LogP contribution in [0.25, 0.3) is 0 Å². The molecule has 7 unspecified atom stereocenters. The number of piperidine rings is 1. The number of aromatic hydroxyl groups is 1. The lowest BCUT2D eigenvalue weighted by atomic mass is 9.53. The summed E-state index contributed by atoms with van der Waals surface area (Å²) in [6.45, 7) is 0.948. The van der Waals surface area contributed by atoms with Crippen molar-refractivity contribution in [3.63, 3.8) is 0 Å². The summed E-state index contributed by atoms with van der Waals surface area (Å²) in [5.41, 5.74) is 2.09. The Hall–Kier alpha value is -2.34. The molecule has 1 N–H and O–H groups in total. The molecular formula is C25H28N2O4. The zero-order valence-electron chi connectivity index (χ0n) is 17.8. The third kappa shape index (κ3) is 2.03. The lowest BCUT2D eigenvalue weighted by molar-refractivity contribution is -0.145. The van der Waals surface area contributed by atoms with E-state index in [1.807, 2.05) is 6.07 Å². The first-order valence-electron chi connectivity index (χ1n) is 11.8. The Balaban J connectivity index is 1.39. The van der Waals surface area contributed by atoms with Crippen LogP contribution in [-0.2, 0) is 21.4 Å². The number of carbonyl (C=O) groups excluding carboxylic acids is 2. The molecule has 3 aliphatic carbocycles. The molecule has 7 atom stereocenters. The lowest BCUT2D eigenvalue weighted by Gasteiger charge is -2.57. The summed E-state index contributed by atoms with van der Waals surface area (Å²) in [6.07, 6.45) is 9.53. The van der Waals surface area contributed by atoms with E-state index in [1.165, 1.54) is 5.56 Å². The van der Waals surface area contributed by atoms with Gasteiger partial charge in [0.05, 0.1) is 17.9 Å². The van der Waals surface area contributed by atoms with Crippen molar-refractivity contribution in [3.8, 4) is 11.5 Å². The predicted octanol–water partition coefficient (Wildman–Crippen LogP) is 2.38. The molecule has 3 heterocycles. The third-order valence-electron chi connectivity index (χ3n) is 9.32. The van der Waals surface area contributed by atoms with Gasteiger partial charge < -0.3 is 14.7 Å². The maximum Gasteiger partial charge on any atom is 0.233 e. The number of likely N-dealkylation sites (tertiary alicyclic amines) is 2. The van der Waals surface area contributed by atoms with Crippen molar-refractivity contribution in [2.45, 2.75) is 62.1 Å². The zero-order valence-corrected chi connectivity index (χ0v) is 17.8. The van der Waals surface area contributed by atoms with Crippen LogP contribution in [0.2, 0.25) is 0 Å². The number of carbonyl (C=O) groups is 2. The largest absolute Gasteiger partial charge is 0.504 e. The molecule has 7 rings (SSSR count). The highest BCUT2D eigenvalue weighted by atomic mass is 16.5. The second kappa shape index (κ2) is 5.91. The summed E-state index contributed by atoms with van der Waals surface area (Å²) in [6, 6.07) is 3.75. The summed E-state index contributed by atoms with van der Waals surface area (Å²) in [4.78, 5) is 30.8. The molecule has 2 bridgehead atoms. The van der Waals surface area contributed by atoms with Gasteiger partial charge in [-0.2, -0.15) is 0 Å². The lowest BCUT2D eigenvalue weighted by Crippen LogP contribution is -2.67. The summed E-state index contributed by atoms with van der Waals surface area (Å²) < 4.78 is 6.55. The maximum absolute atomic E-state index is 13.4. The van der Waals surface area contributed by atoms with Crippen molar-refractivity contribution in [3.05, 3.63) is 35.4 Å². The number of likely N-dealkylation sites (N-methyl/N-ethyl adjacent to an activating group) is 1. The van der Waals surface area contributed by atoms with Crippen molar-refractivity contribution in [2.75, 3.05) is 13.6 Å². The number of phenols is 1. The van der Waals surface area contributed by atoms with Gasteiger partial charge in [-0.1, -0.05) is 31.1 Å². The number of benzene rings is 1. The van der Waals surface area contributed by atoms with Gasteiger partial charge in [0, 0.05) is 22.9 Å². The Morgan fingerprint density at radius 1 is 1.10 bits per heavy atom. The van der Waals surface area contributed by atoms with Gasteiger partial charge in [-0.15, -0.1) is 0 Å². The fourth-order valence-electron chi connectivity index (χ4n) is 7.94. The van der Waals surface area contributed by atoms with E-state index in [0.29, 0.717) is 11.8 Å². The standard InChI is InChI=1S/C25H28N2O4/c1-26-11-10-25-16-7-8-17(27-23(29)14-4-2-3-5-15(14)24(27)30)22(25)31-21-19(28)9-6-13(20(21)25)12-18(16)26/h6-9,14-18,22,28H,2-5,10-12H2,1H3. The van der Waals surface area contributed by atoms with Crippen LogP contribution in [0.1, 0.15) is 43.2 Å². The number of amides is 2. The van der Waals surface area contributed by atoms with E-state index in [1.54, 1.807) is 11.0 Å². The fourth-order valence-corrected chi connectivity index (χ4v) is 7.94. The van der Waals surface area contributed by atoms with Crippen molar-refractivity contribution >= 4 is 11.8 Å². The second-order valence-corrected chi connectivity index (χ2v) is 10.5. The minimum Gasteiger partial charge on any atom is -0.504 e. The number of ether oxygens (including phenoxy) is 1. The van der Waals surface area contributed by atoms with E-state index < -0.39 is 6.04 Å². The van der Waals surface area contributed by atoms with E-state index in [-0.39, 0.29) is 46.8 Å². The van der Waals surface area contributed by atoms with Crippen LogP contribution in [0.4, 0.5) is 0 Å². The smallest absolute Gasteiger partial charge is 0.233 e. The molecule has 1 aromatic rings. The van der Waals surface area contributed by atoms with Gasteiger partial charge in [0.25, 0.3) is 0 Å². The van der Waals surface area contributed by atoms with E-state index >= 15 is 0 Å². The molecular weight excluding hydrogens is 392 g/mol. The molecule has 162 valence electrons. The van der Waals surface area contributed by atoms with Gasteiger partial charge >= 0.3 is 0 Å². The highest BCUT2D eigenvalue weighted by molar-refractivity contribution is 6.05. The molecule has 2 saturated heterocycles. The Kier molecular flexibility index (Phi) is 3.48. The fraction of sp³-hybridized carbons (Fsp3) is 0.600. The van der Waals surface area contributed by atoms with Crippen LogP contribution in [0.5, 0.6) is 11.5 Å². The Morgan fingerprint density at radius 3 is 2.58 bits per heavy atom. The molecule has 3 aliphatic heterocycles. The first-order chi connectivity index (χ1) is 15.0.